The highest BCUT2D eigenvalue weighted by Crippen LogP contribution is 2.23. The van der Waals surface area contributed by atoms with Crippen molar-refractivity contribution in [3.05, 3.63) is 30.5 Å². The topological polar surface area (TPSA) is 29.9 Å². The highest BCUT2D eigenvalue weighted by molar-refractivity contribution is 5.82. The molecule has 136 valence electrons. The van der Waals surface area contributed by atoms with Crippen LogP contribution in [0.4, 0.5) is 0 Å². The fourth-order valence-corrected chi connectivity index (χ4v) is 3.87. The lowest BCUT2D eigenvalue weighted by Crippen LogP contribution is -2.43. The van der Waals surface area contributed by atoms with E-state index in [1.165, 1.54) is 43.3 Å². The van der Waals surface area contributed by atoms with E-state index in [0.717, 1.165) is 51.6 Å². The maximum absolute atomic E-state index is 5.99. The summed E-state index contributed by atoms with van der Waals surface area (Å²) in [5.74, 6) is 0.978. The van der Waals surface area contributed by atoms with E-state index in [1.54, 1.807) is 0 Å². The Kier molecular flexibility index (Phi) is 5.43. The molecule has 25 heavy (non-hydrogen) atoms. The van der Waals surface area contributed by atoms with Gasteiger partial charge in [-0.3, -0.25) is 4.68 Å². The van der Waals surface area contributed by atoms with Gasteiger partial charge in [-0.15, -0.1) is 0 Å². The zero-order valence-electron chi connectivity index (χ0n) is 15.0. The van der Waals surface area contributed by atoms with Gasteiger partial charge in [0.15, 0.2) is 0 Å². The van der Waals surface area contributed by atoms with Gasteiger partial charge in [-0.2, -0.15) is 0 Å². The van der Waals surface area contributed by atoms with Crippen molar-refractivity contribution in [1.82, 2.24) is 9.58 Å². The Bertz CT molecular complexity index is 673. The second-order valence-corrected chi connectivity index (χ2v) is 7.05. The highest BCUT2D eigenvalue weighted by Gasteiger charge is 2.13. The Labute approximate surface area is 150 Å². The molecular formula is C20H29N3O2. The molecule has 2 aliphatic heterocycles. The molecule has 3 heterocycles. The lowest BCUT2D eigenvalue weighted by atomic mass is 10.1. The molecule has 0 radical (unpaired) electrons. The van der Waals surface area contributed by atoms with Crippen molar-refractivity contribution in [2.45, 2.75) is 25.7 Å². The van der Waals surface area contributed by atoms with Gasteiger partial charge in [-0.25, -0.2) is 0 Å². The summed E-state index contributed by atoms with van der Waals surface area (Å²) in [4.78, 5) is 2.57. The van der Waals surface area contributed by atoms with E-state index in [4.69, 9.17) is 9.47 Å². The first-order valence-corrected chi connectivity index (χ1v) is 9.69. The third-order valence-corrected chi connectivity index (χ3v) is 5.27. The lowest BCUT2D eigenvalue weighted by molar-refractivity contribution is 0.112. The van der Waals surface area contributed by atoms with Crippen LogP contribution in [0, 0.1) is 0 Å². The fraction of sp³-hybridized carbons (Fsp3) is 0.600. The van der Waals surface area contributed by atoms with Crippen molar-refractivity contribution in [3.63, 3.8) is 0 Å². The molecule has 2 fully saturated rings. The van der Waals surface area contributed by atoms with Crippen LogP contribution in [-0.2, 0) is 4.74 Å². The summed E-state index contributed by atoms with van der Waals surface area (Å²) in [6, 6.07) is 8.60. The maximum atomic E-state index is 5.99. The van der Waals surface area contributed by atoms with Crippen LogP contribution in [0.5, 0.6) is 5.75 Å². The summed E-state index contributed by atoms with van der Waals surface area (Å²) in [5, 5.41) is 3.57. The Hall–Kier alpha value is -1.72. The van der Waals surface area contributed by atoms with Gasteiger partial charge < -0.3 is 19.4 Å². The molecule has 0 N–H and O–H groups in total. The van der Waals surface area contributed by atoms with Gasteiger partial charge in [0.05, 0.1) is 38.4 Å². The largest absolute Gasteiger partial charge is 0.494 e. The Morgan fingerprint density at radius 1 is 0.960 bits per heavy atom. The molecule has 5 nitrogen and oxygen atoms in total. The van der Waals surface area contributed by atoms with E-state index in [0.29, 0.717) is 0 Å². The second kappa shape index (κ2) is 8.11. The standard InChI is InChI=1S/C20H29N3O2/c1-2-8-21(9-3-1)10-4-14-25-19-5-6-20-18(17-19)7-11-23(20)22-12-15-24-16-13-22/h5-7,11,17H,1-4,8-10,12-16H2. The number of nitrogens with zero attached hydrogens (tertiary/aromatic N) is 3. The molecule has 0 atom stereocenters. The Morgan fingerprint density at radius 3 is 2.64 bits per heavy atom. The summed E-state index contributed by atoms with van der Waals surface area (Å²) in [6.45, 7) is 7.98. The third kappa shape index (κ3) is 4.10. The van der Waals surface area contributed by atoms with Crippen LogP contribution >= 0.6 is 0 Å². The van der Waals surface area contributed by atoms with Crippen molar-refractivity contribution in [2.75, 3.05) is 57.6 Å². The van der Waals surface area contributed by atoms with Gasteiger partial charge >= 0.3 is 0 Å². The summed E-state index contributed by atoms with van der Waals surface area (Å²) >= 11 is 0. The quantitative estimate of drug-likeness (QED) is 0.755. The molecule has 0 unspecified atom stereocenters. The van der Waals surface area contributed by atoms with E-state index in [-0.39, 0.29) is 0 Å². The Balaban J connectivity index is 1.32. The van der Waals surface area contributed by atoms with Crippen molar-refractivity contribution in [3.8, 4) is 5.75 Å². The monoisotopic (exact) mass is 343 g/mol. The predicted octanol–water partition coefficient (Wildman–Crippen LogP) is 2.86. The molecule has 2 aliphatic rings. The van der Waals surface area contributed by atoms with E-state index >= 15 is 0 Å². The van der Waals surface area contributed by atoms with Crippen LogP contribution in [0.25, 0.3) is 10.9 Å². The summed E-state index contributed by atoms with van der Waals surface area (Å²) in [7, 11) is 0. The summed E-state index contributed by atoms with van der Waals surface area (Å²) in [6.07, 6.45) is 7.37. The van der Waals surface area contributed by atoms with E-state index in [2.05, 4.69) is 45.0 Å². The van der Waals surface area contributed by atoms with Crippen molar-refractivity contribution >= 4 is 10.9 Å². The predicted molar refractivity (Wildman–Crippen MR) is 101 cm³/mol. The number of likely N-dealkylation sites (tertiary alicyclic amines) is 1. The number of rotatable bonds is 6. The van der Waals surface area contributed by atoms with Crippen LogP contribution in [-0.4, -0.2) is 62.1 Å². The van der Waals surface area contributed by atoms with E-state index in [1.807, 2.05) is 0 Å². The minimum Gasteiger partial charge on any atom is -0.494 e. The number of fused-ring (bicyclic) bond motifs is 1. The van der Waals surface area contributed by atoms with Crippen molar-refractivity contribution < 1.29 is 9.47 Å². The number of piperidine rings is 1. The van der Waals surface area contributed by atoms with Gasteiger partial charge in [-0.1, -0.05) is 6.42 Å². The van der Waals surface area contributed by atoms with Crippen LogP contribution < -0.4 is 9.75 Å². The minimum absolute atomic E-state index is 0.798. The van der Waals surface area contributed by atoms with E-state index < -0.39 is 0 Å². The first kappa shape index (κ1) is 16.7. The molecule has 1 aromatic carbocycles. The number of ether oxygens (including phenoxy) is 2. The molecule has 2 aromatic rings. The minimum atomic E-state index is 0.798. The van der Waals surface area contributed by atoms with Gasteiger partial charge in [0.25, 0.3) is 0 Å². The lowest BCUT2D eigenvalue weighted by Gasteiger charge is -2.30. The van der Waals surface area contributed by atoms with Crippen LogP contribution in [0.1, 0.15) is 25.7 Å². The Morgan fingerprint density at radius 2 is 1.80 bits per heavy atom. The van der Waals surface area contributed by atoms with E-state index in [9.17, 15) is 0 Å². The van der Waals surface area contributed by atoms with Crippen molar-refractivity contribution in [1.29, 1.82) is 0 Å². The summed E-state index contributed by atoms with van der Waals surface area (Å²) < 4.78 is 13.7. The molecule has 0 bridgehead atoms. The molecule has 2 saturated heterocycles. The number of aromatic nitrogens is 1. The zero-order valence-corrected chi connectivity index (χ0v) is 15.0. The van der Waals surface area contributed by atoms with Crippen LogP contribution in [0.2, 0.25) is 0 Å². The molecule has 1 aromatic heterocycles. The summed E-state index contributed by atoms with van der Waals surface area (Å²) in [5.41, 5.74) is 1.24. The zero-order chi connectivity index (χ0) is 16.9. The van der Waals surface area contributed by atoms with Gasteiger partial charge in [-0.05, 0) is 56.6 Å². The normalized spacial score (nSPS) is 19.4. The van der Waals surface area contributed by atoms with Gasteiger partial charge in [0, 0.05) is 18.1 Å². The molecule has 4 rings (SSSR count). The molecule has 0 amide bonds. The van der Waals surface area contributed by atoms with Crippen molar-refractivity contribution in [2.24, 2.45) is 0 Å². The SMILES string of the molecule is c1cc2c(ccn2N2CCOCC2)cc1OCCCN1CCCCC1. The van der Waals surface area contributed by atoms with Gasteiger partial charge in [0.2, 0.25) is 0 Å². The molecule has 0 aliphatic carbocycles. The number of hydrogen-bond donors (Lipinski definition) is 0. The number of benzene rings is 1. The highest BCUT2D eigenvalue weighted by atomic mass is 16.5. The fourth-order valence-electron chi connectivity index (χ4n) is 3.87. The molecule has 0 saturated carbocycles. The molecule has 0 spiro atoms. The average molecular weight is 343 g/mol. The number of morpholine rings is 1. The average Bonchev–Trinajstić information content (AvgIpc) is 3.10. The second-order valence-electron chi connectivity index (χ2n) is 7.05. The first-order valence-electron chi connectivity index (χ1n) is 9.69. The van der Waals surface area contributed by atoms with Gasteiger partial charge in [0.1, 0.15) is 5.75 Å². The van der Waals surface area contributed by atoms with Crippen LogP contribution in [0.3, 0.4) is 0 Å². The first-order chi connectivity index (χ1) is 12.4. The molecule has 5 heteroatoms. The smallest absolute Gasteiger partial charge is 0.120 e. The van der Waals surface area contributed by atoms with Crippen LogP contribution in [0.15, 0.2) is 30.5 Å². The third-order valence-electron chi connectivity index (χ3n) is 5.27. The maximum Gasteiger partial charge on any atom is 0.120 e. The molecular weight excluding hydrogens is 314 g/mol. The number of hydrogen-bond acceptors (Lipinski definition) is 4.